The standard InChI is InChI=1S/C19H22N4O/c1-11-20-18-16(19(21-11)23-9-3-4-13(23)10-24)15-6-2-5-14(12-7-8-12)17(15)22-18/h2,5-6,12-13,24H,3-4,7-10H2,1H3,(H,20,21,22)/t13-/m1/s1. The van der Waals surface area contributed by atoms with Crippen molar-refractivity contribution >= 4 is 27.8 Å². The Labute approximate surface area is 140 Å². The zero-order valence-electron chi connectivity index (χ0n) is 13.9. The number of nitrogens with zero attached hydrogens (tertiary/aromatic N) is 3. The molecule has 3 aromatic rings. The molecule has 5 heteroatoms. The molecule has 0 bridgehead atoms. The van der Waals surface area contributed by atoms with E-state index in [1.165, 1.54) is 29.3 Å². The summed E-state index contributed by atoms with van der Waals surface area (Å²) in [5.74, 6) is 2.45. The van der Waals surface area contributed by atoms with E-state index in [1.807, 2.05) is 6.92 Å². The highest BCUT2D eigenvalue weighted by atomic mass is 16.3. The van der Waals surface area contributed by atoms with Crippen molar-refractivity contribution < 1.29 is 5.11 Å². The second kappa shape index (κ2) is 5.18. The number of aromatic amines is 1. The van der Waals surface area contributed by atoms with Crippen LogP contribution in [0.2, 0.25) is 0 Å². The number of aryl methyl sites for hydroxylation is 1. The molecule has 1 aliphatic carbocycles. The summed E-state index contributed by atoms with van der Waals surface area (Å²) in [4.78, 5) is 15.3. The lowest BCUT2D eigenvalue weighted by molar-refractivity contribution is 0.266. The average Bonchev–Trinajstić information content (AvgIpc) is 3.19. The molecule has 124 valence electrons. The lowest BCUT2D eigenvalue weighted by Gasteiger charge is -2.25. The quantitative estimate of drug-likeness (QED) is 0.777. The first-order valence-corrected chi connectivity index (χ1v) is 8.92. The fourth-order valence-electron chi connectivity index (χ4n) is 4.18. The molecule has 1 saturated heterocycles. The number of nitrogens with one attached hydrogen (secondary N) is 1. The van der Waals surface area contributed by atoms with Crippen molar-refractivity contribution in [3.05, 3.63) is 29.6 Å². The van der Waals surface area contributed by atoms with Gasteiger partial charge in [-0.25, -0.2) is 9.97 Å². The van der Waals surface area contributed by atoms with Crippen LogP contribution >= 0.6 is 0 Å². The molecule has 24 heavy (non-hydrogen) atoms. The van der Waals surface area contributed by atoms with Gasteiger partial charge in [-0.3, -0.25) is 0 Å². The minimum Gasteiger partial charge on any atom is -0.394 e. The minimum atomic E-state index is 0.166. The van der Waals surface area contributed by atoms with Crippen molar-refractivity contribution in [2.45, 2.75) is 44.6 Å². The topological polar surface area (TPSA) is 65.0 Å². The van der Waals surface area contributed by atoms with E-state index in [1.54, 1.807) is 0 Å². The lowest BCUT2D eigenvalue weighted by Crippen LogP contribution is -2.33. The number of aliphatic hydroxyl groups is 1. The number of para-hydroxylation sites is 1. The number of aliphatic hydroxyl groups excluding tert-OH is 1. The summed E-state index contributed by atoms with van der Waals surface area (Å²) in [5, 5.41) is 12.1. The molecule has 2 aliphatic rings. The van der Waals surface area contributed by atoms with Crippen LogP contribution < -0.4 is 4.90 Å². The van der Waals surface area contributed by atoms with Gasteiger partial charge in [0, 0.05) is 11.9 Å². The molecule has 0 radical (unpaired) electrons. The van der Waals surface area contributed by atoms with Crippen LogP contribution in [-0.4, -0.2) is 39.3 Å². The first-order chi connectivity index (χ1) is 11.8. The fraction of sp³-hybridized carbons (Fsp3) is 0.474. The van der Waals surface area contributed by atoms with Crippen molar-refractivity contribution in [3.8, 4) is 0 Å². The zero-order valence-corrected chi connectivity index (χ0v) is 13.9. The van der Waals surface area contributed by atoms with Crippen LogP contribution in [0.25, 0.3) is 21.9 Å². The Balaban J connectivity index is 1.80. The molecule has 0 spiro atoms. The van der Waals surface area contributed by atoms with Gasteiger partial charge < -0.3 is 15.0 Å². The Morgan fingerprint density at radius 1 is 1.25 bits per heavy atom. The van der Waals surface area contributed by atoms with Crippen LogP contribution in [0.1, 0.15) is 43.0 Å². The van der Waals surface area contributed by atoms with Gasteiger partial charge in [0.05, 0.1) is 23.6 Å². The van der Waals surface area contributed by atoms with E-state index in [0.717, 1.165) is 42.1 Å². The van der Waals surface area contributed by atoms with Gasteiger partial charge in [0.25, 0.3) is 0 Å². The summed E-state index contributed by atoms with van der Waals surface area (Å²) in [7, 11) is 0. The fourth-order valence-corrected chi connectivity index (χ4v) is 4.18. The van der Waals surface area contributed by atoms with Gasteiger partial charge in [0.1, 0.15) is 17.3 Å². The molecular formula is C19H22N4O. The van der Waals surface area contributed by atoms with Crippen LogP contribution in [0.5, 0.6) is 0 Å². The molecule has 2 fully saturated rings. The molecule has 1 atom stereocenters. The Morgan fingerprint density at radius 2 is 2.12 bits per heavy atom. The summed E-state index contributed by atoms with van der Waals surface area (Å²) in [6.45, 7) is 3.08. The van der Waals surface area contributed by atoms with E-state index < -0.39 is 0 Å². The van der Waals surface area contributed by atoms with Crippen molar-refractivity contribution in [1.82, 2.24) is 15.0 Å². The van der Waals surface area contributed by atoms with E-state index in [2.05, 4.69) is 33.1 Å². The third-order valence-electron chi connectivity index (χ3n) is 5.49. The van der Waals surface area contributed by atoms with E-state index in [9.17, 15) is 5.11 Å². The van der Waals surface area contributed by atoms with Crippen molar-refractivity contribution in [1.29, 1.82) is 0 Å². The number of hydrogen-bond donors (Lipinski definition) is 2. The number of anilines is 1. The van der Waals surface area contributed by atoms with Gasteiger partial charge in [-0.2, -0.15) is 0 Å². The maximum Gasteiger partial charge on any atom is 0.144 e. The monoisotopic (exact) mass is 322 g/mol. The van der Waals surface area contributed by atoms with Gasteiger partial charge >= 0.3 is 0 Å². The summed E-state index contributed by atoms with van der Waals surface area (Å²) >= 11 is 0. The van der Waals surface area contributed by atoms with Crippen molar-refractivity contribution in [3.63, 3.8) is 0 Å². The van der Waals surface area contributed by atoms with E-state index in [0.29, 0.717) is 5.92 Å². The van der Waals surface area contributed by atoms with Crippen LogP contribution in [0.4, 0.5) is 5.82 Å². The summed E-state index contributed by atoms with van der Waals surface area (Å²) in [5.41, 5.74) is 3.55. The Morgan fingerprint density at radius 3 is 2.92 bits per heavy atom. The normalized spacial score (nSPS) is 21.2. The molecule has 0 amide bonds. The number of aromatic nitrogens is 3. The number of rotatable bonds is 3. The largest absolute Gasteiger partial charge is 0.394 e. The molecule has 5 nitrogen and oxygen atoms in total. The molecule has 2 aromatic heterocycles. The number of benzene rings is 1. The number of H-pyrrole nitrogens is 1. The van der Waals surface area contributed by atoms with Gasteiger partial charge in [0.2, 0.25) is 0 Å². The molecule has 5 rings (SSSR count). The van der Waals surface area contributed by atoms with Gasteiger partial charge in [-0.05, 0) is 44.1 Å². The Kier molecular flexibility index (Phi) is 3.07. The highest BCUT2D eigenvalue weighted by molar-refractivity contribution is 6.12. The van der Waals surface area contributed by atoms with E-state index in [4.69, 9.17) is 4.98 Å². The first-order valence-electron chi connectivity index (χ1n) is 8.92. The molecule has 1 saturated carbocycles. The number of fused-ring (bicyclic) bond motifs is 3. The maximum absolute atomic E-state index is 9.74. The predicted octanol–water partition coefficient (Wildman–Crippen LogP) is 3.26. The third-order valence-corrected chi connectivity index (χ3v) is 5.49. The van der Waals surface area contributed by atoms with E-state index in [-0.39, 0.29) is 12.6 Å². The molecule has 3 heterocycles. The predicted molar refractivity (Wildman–Crippen MR) is 95.6 cm³/mol. The van der Waals surface area contributed by atoms with Crippen LogP contribution in [-0.2, 0) is 0 Å². The molecular weight excluding hydrogens is 300 g/mol. The van der Waals surface area contributed by atoms with Gasteiger partial charge in [0.15, 0.2) is 0 Å². The molecule has 1 aromatic carbocycles. The van der Waals surface area contributed by atoms with Crippen molar-refractivity contribution in [2.75, 3.05) is 18.1 Å². The summed E-state index contributed by atoms with van der Waals surface area (Å²) < 4.78 is 0. The summed E-state index contributed by atoms with van der Waals surface area (Å²) in [6, 6.07) is 6.73. The second-order valence-corrected chi connectivity index (χ2v) is 7.16. The maximum atomic E-state index is 9.74. The second-order valence-electron chi connectivity index (χ2n) is 7.16. The lowest BCUT2D eigenvalue weighted by atomic mass is 10.1. The smallest absolute Gasteiger partial charge is 0.144 e. The molecule has 0 unspecified atom stereocenters. The Hall–Kier alpha value is -2.14. The average molecular weight is 322 g/mol. The van der Waals surface area contributed by atoms with Crippen LogP contribution in [0.15, 0.2) is 18.2 Å². The third kappa shape index (κ3) is 2.04. The Bertz CT molecular complexity index is 928. The number of hydrogen-bond acceptors (Lipinski definition) is 4. The molecule has 2 N–H and O–H groups in total. The zero-order chi connectivity index (χ0) is 16.3. The van der Waals surface area contributed by atoms with Crippen LogP contribution in [0, 0.1) is 6.92 Å². The van der Waals surface area contributed by atoms with E-state index >= 15 is 0 Å². The SMILES string of the molecule is Cc1nc(N2CCC[C@@H]2CO)c2c(n1)[nH]c1c(C3CC3)cccc12. The van der Waals surface area contributed by atoms with Crippen molar-refractivity contribution in [2.24, 2.45) is 0 Å². The van der Waals surface area contributed by atoms with Crippen LogP contribution in [0.3, 0.4) is 0 Å². The van der Waals surface area contributed by atoms with Gasteiger partial charge in [-0.1, -0.05) is 18.2 Å². The first kappa shape index (κ1) is 14.2. The minimum absolute atomic E-state index is 0.166. The molecule has 1 aliphatic heterocycles. The highest BCUT2D eigenvalue weighted by Crippen LogP contribution is 2.45. The van der Waals surface area contributed by atoms with Gasteiger partial charge in [-0.15, -0.1) is 0 Å². The summed E-state index contributed by atoms with van der Waals surface area (Å²) in [6.07, 6.45) is 4.69. The highest BCUT2D eigenvalue weighted by Gasteiger charge is 2.30.